The molecule has 0 spiro atoms. The summed E-state index contributed by atoms with van der Waals surface area (Å²) in [4.78, 5) is 0. The third kappa shape index (κ3) is 5.19. The molecule has 0 radical (unpaired) electrons. The Bertz CT molecular complexity index is 469. The molecule has 0 aliphatic heterocycles. The van der Waals surface area contributed by atoms with E-state index < -0.39 is 0 Å². The third-order valence-corrected chi connectivity index (χ3v) is 4.82. The first kappa shape index (κ1) is 17.1. The molecule has 0 bridgehead atoms. The molecule has 1 aromatic rings. The summed E-state index contributed by atoms with van der Waals surface area (Å²) in [5.41, 5.74) is 2.95. The van der Waals surface area contributed by atoms with E-state index in [0.717, 1.165) is 18.8 Å². The van der Waals surface area contributed by atoms with Crippen LogP contribution in [-0.4, -0.2) is 5.11 Å². The van der Waals surface area contributed by atoms with Crippen LogP contribution < -0.4 is 0 Å². The number of rotatable bonds is 6. The molecule has 1 aliphatic rings. The lowest BCUT2D eigenvalue weighted by Gasteiger charge is -2.29. The lowest BCUT2D eigenvalue weighted by Crippen LogP contribution is -2.15. The van der Waals surface area contributed by atoms with E-state index in [1.54, 1.807) is 0 Å². The lowest BCUT2D eigenvalue weighted by molar-refractivity contribution is 0.276. The van der Waals surface area contributed by atoms with Crippen LogP contribution in [0.2, 0.25) is 0 Å². The van der Waals surface area contributed by atoms with Gasteiger partial charge in [-0.3, -0.25) is 0 Å². The summed E-state index contributed by atoms with van der Waals surface area (Å²) < 4.78 is 0. The highest BCUT2D eigenvalue weighted by molar-refractivity contribution is 5.26. The Kier molecular flexibility index (Phi) is 6.54. The largest absolute Gasteiger partial charge is 0.513 e. The third-order valence-electron chi connectivity index (χ3n) is 4.82. The van der Waals surface area contributed by atoms with Gasteiger partial charge in [-0.1, -0.05) is 51.5 Å². The van der Waals surface area contributed by atoms with Crippen LogP contribution in [-0.2, 0) is 6.42 Å². The molecule has 1 nitrogen and oxygen atoms in total. The molecule has 122 valence electrons. The maximum atomic E-state index is 9.94. The monoisotopic (exact) mass is 300 g/mol. The molecule has 1 heteroatoms. The maximum Gasteiger partial charge on any atom is 0.0885 e. The SMILES string of the molecule is CC/C=C(/O)CC1CCCC(c2ccc(CC(C)C)cc2)C1. The minimum absolute atomic E-state index is 0.598. The minimum Gasteiger partial charge on any atom is -0.513 e. The highest BCUT2D eigenvalue weighted by atomic mass is 16.3. The van der Waals surface area contributed by atoms with Gasteiger partial charge in [0, 0.05) is 6.42 Å². The van der Waals surface area contributed by atoms with Gasteiger partial charge in [-0.25, -0.2) is 0 Å². The summed E-state index contributed by atoms with van der Waals surface area (Å²) >= 11 is 0. The van der Waals surface area contributed by atoms with Crippen LogP contribution in [0.1, 0.15) is 76.3 Å². The van der Waals surface area contributed by atoms with Gasteiger partial charge in [0.2, 0.25) is 0 Å². The smallest absolute Gasteiger partial charge is 0.0885 e. The van der Waals surface area contributed by atoms with E-state index in [9.17, 15) is 5.11 Å². The van der Waals surface area contributed by atoms with Gasteiger partial charge in [0.1, 0.15) is 0 Å². The zero-order valence-corrected chi connectivity index (χ0v) is 14.5. The summed E-state index contributed by atoms with van der Waals surface area (Å²) in [6.07, 6.45) is 10.0. The Morgan fingerprint density at radius 3 is 2.59 bits per heavy atom. The average molecular weight is 300 g/mol. The molecule has 0 saturated heterocycles. The van der Waals surface area contributed by atoms with Gasteiger partial charge < -0.3 is 5.11 Å². The molecule has 0 heterocycles. The number of allylic oxidation sites excluding steroid dienone is 2. The molecule has 2 atom stereocenters. The highest BCUT2D eigenvalue weighted by Crippen LogP contribution is 2.38. The fourth-order valence-electron chi connectivity index (χ4n) is 3.79. The second-order valence-electron chi connectivity index (χ2n) is 7.38. The van der Waals surface area contributed by atoms with Crippen molar-refractivity contribution in [1.82, 2.24) is 0 Å². The Labute approximate surface area is 136 Å². The van der Waals surface area contributed by atoms with Crippen molar-refractivity contribution < 1.29 is 5.11 Å². The molecule has 22 heavy (non-hydrogen) atoms. The van der Waals surface area contributed by atoms with E-state index in [1.807, 2.05) is 6.08 Å². The number of hydrogen-bond acceptors (Lipinski definition) is 1. The van der Waals surface area contributed by atoms with Crippen molar-refractivity contribution in [1.29, 1.82) is 0 Å². The van der Waals surface area contributed by atoms with Gasteiger partial charge in [0.05, 0.1) is 5.76 Å². The molecule has 2 unspecified atom stereocenters. The average Bonchev–Trinajstić information content (AvgIpc) is 2.48. The van der Waals surface area contributed by atoms with Gasteiger partial charge in [-0.05, 0) is 67.1 Å². The predicted octanol–water partition coefficient (Wildman–Crippen LogP) is 6.40. The van der Waals surface area contributed by atoms with Crippen LogP contribution in [0, 0.1) is 11.8 Å². The summed E-state index contributed by atoms with van der Waals surface area (Å²) in [6, 6.07) is 9.31. The van der Waals surface area contributed by atoms with Gasteiger partial charge in [0.15, 0.2) is 0 Å². The quantitative estimate of drug-likeness (QED) is 0.602. The fourth-order valence-corrected chi connectivity index (χ4v) is 3.79. The maximum absolute atomic E-state index is 9.94. The Morgan fingerprint density at radius 1 is 1.23 bits per heavy atom. The van der Waals surface area contributed by atoms with Gasteiger partial charge in [-0.15, -0.1) is 0 Å². The molecular formula is C21H32O. The number of aliphatic hydroxyl groups excluding tert-OH is 1. The van der Waals surface area contributed by atoms with Crippen molar-refractivity contribution in [2.24, 2.45) is 11.8 Å². The molecule has 1 saturated carbocycles. The van der Waals surface area contributed by atoms with E-state index in [4.69, 9.17) is 0 Å². The Hall–Kier alpha value is -1.24. The van der Waals surface area contributed by atoms with Crippen LogP contribution >= 0.6 is 0 Å². The second kappa shape index (κ2) is 8.41. The van der Waals surface area contributed by atoms with Crippen molar-refractivity contribution in [3.8, 4) is 0 Å². The Balaban J connectivity index is 1.95. The van der Waals surface area contributed by atoms with Crippen LogP contribution in [0.5, 0.6) is 0 Å². The lowest BCUT2D eigenvalue weighted by atomic mass is 9.76. The predicted molar refractivity (Wildman–Crippen MR) is 95.3 cm³/mol. The molecular weight excluding hydrogens is 268 g/mol. The molecule has 2 rings (SSSR count). The second-order valence-corrected chi connectivity index (χ2v) is 7.38. The zero-order chi connectivity index (χ0) is 15.9. The first-order valence-electron chi connectivity index (χ1n) is 9.05. The molecule has 0 amide bonds. The molecule has 1 N–H and O–H groups in total. The first-order valence-corrected chi connectivity index (χ1v) is 9.05. The van der Waals surface area contributed by atoms with E-state index in [0.29, 0.717) is 17.6 Å². The van der Waals surface area contributed by atoms with Crippen molar-refractivity contribution in [3.63, 3.8) is 0 Å². The molecule has 0 aromatic heterocycles. The molecule has 1 fully saturated rings. The number of benzene rings is 1. The van der Waals surface area contributed by atoms with E-state index in [-0.39, 0.29) is 0 Å². The van der Waals surface area contributed by atoms with Gasteiger partial charge in [0.25, 0.3) is 0 Å². The summed E-state index contributed by atoms with van der Waals surface area (Å²) in [5.74, 6) is 2.65. The van der Waals surface area contributed by atoms with E-state index >= 15 is 0 Å². The zero-order valence-electron chi connectivity index (χ0n) is 14.5. The van der Waals surface area contributed by atoms with E-state index in [2.05, 4.69) is 45.0 Å². The molecule has 1 aliphatic carbocycles. The van der Waals surface area contributed by atoms with Crippen molar-refractivity contribution in [2.75, 3.05) is 0 Å². The van der Waals surface area contributed by atoms with Crippen molar-refractivity contribution in [2.45, 2.75) is 71.6 Å². The van der Waals surface area contributed by atoms with Crippen molar-refractivity contribution in [3.05, 3.63) is 47.2 Å². The minimum atomic E-state index is 0.598. The normalized spacial score (nSPS) is 23.0. The van der Waals surface area contributed by atoms with Crippen LogP contribution in [0.25, 0.3) is 0 Å². The Morgan fingerprint density at radius 2 is 1.95 bits per heavy atom. The highest BCUT2D eigenvalue weighted by Gasteiger charge is 2.23. The van der Waals surface area contributed by atoms with Crippen LogP contribution in [0.3, 0.4) is 0 Å². The summed E-state index contributed by atoms with van der Waals surface area (Å²) in [7, 11) is 0. The van der Waals surface area contributed by atoms with Crippen molar-refractivity contribution >= 4 is 0 Å². The topological polar surface area (TPSA) is 20.2 Å². The fraction of sp³-hybridized carbons (Fsp3) is 0.619. The van der Waals surface area contributed by atoms with Crippen LogP contribution in [0.4, 0.5) is 0 Å². The first-order chi connectivity index (χ1) is 10.6. The standard InChI is InChI=1S/C21H32O/c1-4-6-21(22)15-18-7-5-8-20(14-18)19-11-9-17(10-12-19)13-16(2)3/h6,9-12,16,18,20,22H,4-5,7-8,13-15H2,1-3H3/b21-6+. The van der Waals surface area contributed by atoms with Gasteiger partial charge in [-0.2, -0.15) is 0 Å². The number of aliphatic hydroxyl groups is 1. The van der Waals surface area contributed by atoms with E-state index in [1.165, 1.54) is 43.2 Å². The molecule has 1 aromatic carbocycles. The van der Waals surface area contributed by atoms with Crippen LogP contribution in [0.15, 0.2) is 36.1 Å². The number of hydrogen-bond donors (Lipinski definition) is 1. The van der Waals surface area contributed by atoms with Gasteiger partial charge >= 0.3 is 0 Å². The summed E-state index contributed by atoms with van der Waals surface area (Å²) in [6.45, 7) is 6.63. The summed E-state index contributed by atoms with van der Waals surface area (Å²) in [5, 5.41) is 9.94.